The van der Waals surface area contributed by atoms with Crippen LogP contribution in [0.3, 0.4) is 0 Å². The van der Waals surface area contributed by atoms with Gasteiger partial charge in [-0.15, -0.1) is 0 Å². The Morgan fingerprint density at radius 1 is 1.65 bits per heavy atom. The Kier molecular flexibility index (Phi) is 4.95. The highest BCUT2D eigenvalue weighted by molar-refractivity contribution is 9.10. The number of nitrogens with two attached hydrogens (primary N) is 1. The van der Waals surface area contributed by atoms with E-state index in [0.717, 1.165) is 6.07 Å². The first-order valence-corrected chi connectivity index (χ1v) is 5.65. The Morgan fingerprint density at radius 3 is 2.76 bits per heavy atom. The molecule has 0 aliphatic heterocycles. The smallest absolute Gasteiger partial charge is 0.341 e. The zero-order chi connectivity index (χ0) is 13.0. The fourth-order valence-electron chi connectivity index (χ4n) is 1.26. The third-order valence-electron chi connectivity index (χ3n) is 1.96. The van der Waals surface area contributed by atoms with E-state index in [1.807, 2.05) is 0 Å². The molecule has 0 aliphatic carbocycles. The molecule has 0 aromatic carbocycles. The largest absolute Gasteiger partial charge is 0.462 e. The van der Waals surface area contributed by atoms with E-state index in [-0.39, 0.29) is 28.9 Å². The molecule has 1 aromatic heterocycles. The summed E-state index contributed by atoms with van der Waals surface area (Å²) in [6, 6.07) is 1.09. The zero-order valence-electron chi connectivity index (χ0n) is 9.04. The Labute approximate surface area is 105 Å². The number of hydrogen-bond acceptors (Lipinski definition) is 4. The van der Waals surface area contributed by atoms with Gasteiger partial charge in [-0.3, -0.25) is 0 Å². The summed E-state index contributed by atoms with van der Waals surface area (Å²) in [7, 11) is 0. The molecule has 0 radical (unpaired) electrons. The van der Waals surface area contributed by atoms with Crippen molar-refractivity contribution in [2.75, 3.05) is 6.61 Å². The van der Waals surface area contributed by atoms with Gasteiger partial charge in [0.25, 0.3) is 6.43 Å². The zero-order valence-corrected chi connectivity index (χ0v) is 10.6. The van der Waals surface area contributed by atoms with Crippen molar-refractivity contribution in [3.05, 3.63) is 27.5 Å². The second kappa shape index (κ2) is 6.02. The highest BCUT2D eigenvalue weighted by atomic mass is 79.9. The van der Waals surface area contributed by atoms with Crippen LogP contribution in [-0.2, 0) is 11.3 Å². The van der Waals surface area contributed by atoms with Gasteiger partial charge in [-0.05, 0) is 28.9 Å². The molecule has 0 saturated heterocycles. The number of ether oxygens (including phenoxy) is 1. The molecule has 0 saturated carbocycles. The number of carbonyl (C=O) groups excluding carboxylic acids is 1. The lowest BCUT2D eigenvalue weighted by Crippen LogP contribution is -2.14. The molecule has 1 heterocycles. The molecular weight excluding hydrogens is 298 g/mol. The summed E-state index contributed by atoms with van der Waals surface area (Å²) < 4.78 is 30.0. The maximum absolute atomic E-state index is 12.5. The van der Waals surface area contributed by atoms with Crippen molar-refractivity contribution in [1.29, 1.82) is 0 Å². The summed E-state index contributed by atoms with van der Waals surface area (Å²) in [4.78, 5) is 15.2. The SMILES string of the molecule is CCOC(=O)c1c(Br)cc(C(F)F)nc1CN. The first-order chi connectivity index (χ1) is 8.01. The maximum atomic E-state index is 12.5. The third-order valence-corrected chi connectivity index (χ3v) is 2.59. The molecule has 0 fully saturated rings. The van der Waals surface area contributed by atoms with Crippen LogP contribution in [0.15, 0.2) is 10.5 Å². The van der Waals surface area contributed by atoms with Crippen LogP contribution in [-0.4, -0.2) is 17.6 Å². The van der Waals surface area contributed by atoms with Crippen LogP contribution in [0.1, 0.15) is 35.1 Å². The third kappa shape index (κ3) is 3.19. The van der Waals surface area contributed by atoms with Gasteiger partial charge in [-0.1, -0.05) is 0 Å². The van der Waals surface area contributed by atoms with E-state index in [9.17, 15) is 13.6 Å². The van der Waals surface area contributed by atoms with Crippen molar-refractivity contribution < 1.29 is 18.3 Å². The van der Waals surface area contributed by atoms with Crippen molar-refractivity contribution in [2.45, 2.75) is 19.9 Å². The number of nitrogens with zero attached hydrogens (tertiary/aromatic N) is 1. The van der Waals surface area contributed by atoms with Crippen LogP contribution in [0.4, 0.5) is 8.78 Å². The molecule has 0 bridgehead atoms. The summed E-state index contributed by atoms with van der Waals surface area (Å²) in [5.41, 5.74) is 5.15. The van der Waals surface area contributed by atoms with Crippen LogP contribution in [0, 0.1) is 0 Å². The first kappa shape index (κ1) is 14.0. The van der Waals surface area contributed by atoms with Crippen LogP contribution in [0.25, 0.3) is 0 Å². The lowest BCUT2D eigenvalue weighted by Gasteiger charge is -2.10. The predicted octanol–water partition coefficient (Wildman–Crippen LogP) is 2.42. The quantitative estimate of drug-likeness (QED) is 0.868. The minimum absolute atomic E-state index is 0.0909. The van der Waals surface area contributed by atoms with Crippen LogP contribution < -0.4 is 5.73 Å². The fourth-order valence-corrected chi connectivity index (χ4v) is 1.89. The van der Waals surface area contributed by atoms with Gasteiger partial charge in [-0.2, -0.15) is 0 Å². The van der Waals surface area contributed by atoms with E-state index < -0.39 is 18.1 Å². The molecule has 1 aromatic rings. The second-order valence-corrected chi connectivity index (χ2v) is 3.93. The number of alkyl halides is 2. The summed E-state index contributed by atoms with van der Waals surface area (Å²) in [5, 5.41) is 0. The Hall–Kier alpha value is -1.08. The lowest BCUT2D eigenvalue weighted by molar-refractivity contribution is 0.0522. The summed E-state index contributed by atoms with van der Waals surface area (Å²) in [5.74, 6) is -0.631. The van der Waals surface area contributed by atoms with Crippen molar-refractivity contribution >= 4 is 21.9 Å². The number of rotatable bonds is 4. The fraction of sp³-hybridized carbons (Fsp3) is 0.400. The van der Waals surface area contributed by atoms with E-state index in [1.165, 1.54) is 0 Å². The lowest BCUT2D eigenvalue weighted by atomic mass is 10.1. The van der Waals surface area contributed by atoms with Gasteiger partial charge in [0.2, 0.25) is 0 Å². The van der Waals surface area contributed by atoms with Gasteiger partial charge >= 0.3 is 5.97 Å². The standard InChI is InChI=1S/C10H11BrF2N2O2/c1-2-17-10(16)8-5(11)3-6(9(12)13)15-7(8)4-14/h3,9H,2,4,14H2,1H3. The summed E-state index contributed by atoms with van der Waals surface area (Å²) >= 11 is 3.05. The normalized spacial score (nSPS) is 10.7. The van der Waals surface area contributed by atoms with Gasteiger partial charge in [0, 0.05) is 11.0 Å². The number of carbonyl (C=O) groups is 1. The minimum atomic E-state index is -2.71. The molecule has 17 heavy (non-hydrogen) atoms. The van der Waals surface area contributed by atoms with Gasteiger partial charge in [-0.25, -0.2) is 18.6 Å². The van der Waals surface area contributed by atoms with Gasteiger partial charge < -0.3 is 10.5 Å². The van der Waals surface area contributed by atoms with Crippen molar-refractivity contribution in [1.82, 2.24) is 4.98 Å². The van der Waals surface area contributed by atoms with E-state index in [2.05, 4.69) is 20.9 Å². The Bertz CT molecular complexity index is 427. The predicted molar refractivity (Wildman–Crippen MR) is 60.7 cm³/mol. The highest BCUT2D eigenvalue weighted by Crippen LogP contribution is 2.26. The molecular formula is C10H11BrF2N2O2. The van der Waals surface area contributed by atoms with E-state index in [1.54, 1.807) is 6.92 Å². The number of aromatic nitrogens is 1. The maximum Gasteiger partial charge on any atom is 0.341 e. The molecule has 0 atom stereocenters. The first-order valence-electron chi connectivity index (χ1n) is 4.85. The molecule has 1 rings (SSSR count). The molecule has 94 valence electrons. The topological polar surface area (TPSA) is 65.2 Å². The van der Waals surface area contributed by atoms with Gasteiger partial charge in [0.15, 0.2) is 0 Å². The van der Waals surface area contributed by atoms with E-state index in [0.29, 0.717) is 0 Å². The number of halogens is 3. The second-order valence-electron chi connectivity index (χ2n) is 3.08. The molecule has 0 amide bonds. The molecule has 0 spiro atoms. The van der Waals surface area contributed by atoms with Crippen molar-refractivity contribution in [3.63, 3.8) is 0 Å². The molecule has 0 aliphatic rings. The summed E-state index contributed by atoms with van der Waals surface area (Å²) in [6.45, 7) is 1.72. The van der Waals surface area contributed by atoms with Crippen molar-refractivity contribution in [2.24, 2.45) is 5.73 Å². The van der Waals surface area contributed by atoms with Gasteiger partial charge in [0.05, 0.1) is 17.9 Å². The van der Waals surface area contributed by atoms with Crippen LogP contribution >= 0.6 is 15.9 Å². The van der Waals surface area contributed by atoms with E-state index >= 15 is 0 Å². The van der Waals surface area contributed by atoms with Crippen LogP contribution in [0.2, 0.25) is 0 Å². The number of esters is 1. The molecule has 4 nitrogen and oxygen atoms in total. The molecule has 0 unspecified atom stereocenters. The number of hydrogen-bond donors (Lipinski definition) is 1. The average Bonchev–Trinajstić information content (AvgIpc) is 2.27. The Balaban J connectivity index is 3.25. The highest BCUT2D eigenvalue weighted by Gasteiger charge is 2.21. The van der Waals surface area contributed by atoms with E-state index in [4.69, 9.17) is 10.5 Å². The summed E-state index contributed by atoms with van der Waals surface area (Å²) in [6.07, 6.45) is -2.71. The number of pyridine rings is 1. The minimum Gasteiger partial charge on any atom is -0.462 e. The monoisotopic (exact) mass is 308 g/mol. The molecule has 7 heteroatoms. The van der Waals surface area contributed by atoms with Crippen LogP contribution in [0.5, 0.6) is 0 Å². The van der Waals surface area contributed by atoms with Crippen molar-refractivity contribution in [3.8, 4) is 0 Å². The average molecular weight is 309 g/mol. The van der Waals surface area contributed by atoms with Gasteiger partial charge in [0.1, 0.15) is 5.69 Å². The molecule has 2 N–H and O–H groups in total. The Morgan fingerprint density at radius 2 is 2.29 bits per heavy atom.